The molecule has 0 aliphatic carbocycles. The number of hydrogen-bond acceptors (Lipinski definition) is 5. The number of aliphatic carboxylic acids is 2. The van der Waals surface area contributed by atoms with E-state index in [0.717, 1.165) is 24.2 Å². The summed E-state index contributed by atoms with van der Waals surface area (Å²) in [7, 11) is 0. The number of carbonyl (C=O) groups excluding carboxylic acids is 1. The SMILES string of the molecule is Cc1ccc(OCC(=O)N2CCN(Cc3cccc(F)c3)CC2)cc1.O=C(O)C(=O)O. The van der Waals surface area contributed by atoms with Gasteiger partial charge in [0.25, 0.3) is 5.91 Å². The zero-order valence-electron chi connectivity index (χ0n) is 17.2. The molecule has 0 radical (unpaired) electrons. The second-order valence-corrected chi connectivity index (χ2v) is 7.00. The molecule has 2 aromatic carbocycles. The zero-order valence-corrected chi connectivity index (χ0v) is 17.2. The van der Waals surface area contributed by atoms with Crippen molar-refractivity contribution < 1.29 is 33.7 Å². The van der Waals surface area contributed by atoms with E-state index in [2.05, 4.69) is 4.90 Å². The van der Waals surface area contributed by atoms with E-state index in [9.17, 15) is 9.18 Å². The van der Waals surface area contributed by atoms with Crippen LogP contribution >= 0.6 is 0 Å². The molecule has 0 spiro atoms. The molecule has 2 N–H and O–H groups in total. The molecule has 8 nitrogen and oxygen atoms in total. The van der Waals surface area contributed by atoms with E-state index < -0.39 is 11.9 Å². The maximum absolute atomic E-state index is 13.3. The first kappa shape index (κ1) is 23.8. The molecule has 0 saturated carbocycles. The van der Waals surface area contributed by atoms with Gasteiger partial charge in [-0.1, -0.05) is 29.8 Å². The van der Waals surface area contributed by atoms with Gasteiger partial charge in [-0.25, -0.2) is 14.0 Å². The van der Waals surface area contributed by atoms with Crippen molar-refractivity contribution in [2.24, 2.45) is 0 Å². The number of ether oxygens (including phenoxy) is 1. The Bertz CT molecular complexity index is 883. The van der Waals surface area contributed by atoms with Crippen molar-refractivity contribution in [2.75, 3.05) is 32.8 Å². The molecule has 3 rings (SSSR count). The van der Waals surface area contributed by atoms with Crippen LogP contribution in [0.15, 0.2) is 48.5 Å². The van der Waals surface area contributed by atoms with Crippen LogP contribution < -0.4 is 4.74 Å². The van der Waals surface area contributed by atoms with Crippen LogP contribution in [0.4, 0.5) is 4.39 Å². The first-order valence-electron chi connectivity index (χ1n) is 9.65. The molecule has 1 heterocycles. The molecule has 166 valence electrons. The molecule has 2 aromatic rings. The lowest BCUT2D eigenvalue weighted by Gasteiger charge is -2.34. The van der Waals surface area contributed by atoms with E-state index in [1.807, 2.05) is 42.2 Å². The summed E-state index contributed by atoms with van der Waals surface area (Å²) in [6.07, 6.45) is 0. The van der Waals surface area contributed by atoms with E-state index in [1.165, 1.54) is 6.07 Å². The van der Waals surface area contributed by atoms with Gasteiger partial charge >= 0.3 is 11.9 Å². The van der Waals surface area contributed by atoms with Gasteiger partial charge in [-0.3, -0.25) is 9.69 Å². The molecular formula is C22H25FN2O6. The van der Waals surface area contributed by atoms with E-state index in [1.54, 1.807) is 12.1 Å². The van der Waals surface area contributed by atoms with Gasteiger partial charge in [0.1, 0.15) is 11.6 Å². The van der Waals surface area contributed by atoms with Crippen LogP contribution in [-0.4, -0.2) is 70.6 Å². The molecule has 1 aliphatic rings. The van der Waals surface area contributed by atoms with Crippen molar-refractivity contribution in [3.63, 3.8) is 0 Å². The summed E-state index contributed by atoms with van der Waals surface area (Å²) in [5.41, 5.74) is 2.12. The number of halogens is 1. The number of amides is 1. The third-order valence-electron chi connectivity index (χ3n) is 4.59. The second kappa shape index (κ2) is 11.7. The molecule has 0 aromatic heterocycles. The third kappa shape index (κ3) is 8.43. The average Bonchev–Trinajstić information content (AvgIpc) is 2.74. The monoisotopic (exact) mass is 432 g/mol. The molecule has 9 heteroatoms. The molecule has 0 unspecified atom stereocenters. The van der Waals surface area contributed by atoms with Gasteiger partial charge in [0.05, 0.1) is 0 Å². The van der Waals surface area contributed by atoms with Gasteiger partial charge in [-0.2, -0.15) is 0 Å². The van der Waals surface area contributed by atoms with Gasteiger partial charge in [-0.15, -0.1) is 0 Å². The summed E-state index contributed by atoms with van der Waals surface area (Å²) in [4.78, 5) is 34.5. The Kier molecular flexibility index (Phi) is 8.95. The Morgan fingerprint density at radius 3 is 2.13 bits per heavy atom. The highest BCUT2D eigenvalue weighted by Crippen LogP contribution is 2.13. The number of hydrogen-bond donors (Lipinski definition) is 2. The van der Waals surface area contributed by atoms with Gasteiger partial charge < -0.3 is 19.8 Å². The first-order valence-corrected chi connectivity index (χ1v) is 9.65. The molecule has 1 amide bonds. The molecular weight excluding hydrogens is 407 g/mol. The van der Waals surface area contributed by atoms with E-state index >= 15 is 0 Å². The number of rotatable bonds is 5. The highest BCUT2D eigenvalue weighted by molar-refractivity contribution is 6.27. The smallest absolute Gasteiger partial charge is 0.414 e. The summed E-state index contributed by atoms with van der Waals surface area (Å²) >= 11 is 0. The highest BCUT2D eigenvalue weighted by Gasteiger charge is 2.21. The number of carbonyl (C=O) groups is 3. The minimum Gasteiger partial charge on any atom is -0.484 e. The van der Waals surface area contributed by atoms with Crippen molar-refractivity contribution in [3.05, 3.63) is 65.5 Å². The minimum absolute atomic E-state index is 0.00554. The topological polar surface area (TPSA) is 107 Å². The Labute approximate surface area is 179 Å². The number of aryl methyl sites for hydroxylation is 1. The fourth-order valence-electron chi connectivity index (χ4n) is 2.92. The van der Waals surface area contributed by atoms with Crippen LogP contribution in [0.3, 0.4) is 0 Å². The maximum Gasteiger partial charge on any atom is 0.414 e. The molecule has 0 bridgehead atoms. The van der Waals surface area contributed by atoms with Crippen LogP contribution in [-0.2, 0) is 20.9 Å². The highest BCUT2D eigenvalue weighted by atomic mass is 19.1. The fraction of sp³-hybridized carbons (Fsp3) is 0.318. The zero-order chi connectivity index (χ0) is 22.8. The average molecular weight is 432 g/mol. The predicted octanol–water partition coefficient (Wildman–Crippen LogP) is 2.01. The summed E-state index contributed by atoms with van der Waals surface area (Å²) in [5.74, 6) is -3.14. The van der Waals surface area contributed by atoms with Crippen molar-refractivity contribution >= 4 is 17.8 Å². The lowest BCUT2D eigenvalue weighted by atomic mass is 10.2. The van der Waals surface area contributed by atoms with Crippen LogP contribution in [0, 0.1) is 12.7 Å². The van der Waals surface area contributed by atoms with Gasteiger partial charge in [0, 0.05) is 32.7 Å². The van der Waals surface area contributed by atoms with Crippen LogP contribution in [0.1, 0.15) is 11.1 Å². The van der Waals surface area contributed by atoms with Gasteiger partial charge in [-0.05, 0) is 36.8 Å². The van der Waals surface area contributed by atoms with E-state index in [0.29, 0.717) is 25.4 Å². The normalized spacial score (nSPS) is 13.7. The molecule has 1 fully saturated rings. The van der Waals surface area contributed by atoms with Crippen LogP contribution in [0.2, 0.25) is 0 Å². The standard InChI is InChI=1S/C20H23FN2O2.C2H2O4/c1-16-5-7-19(8-6-16)25-15-20(24)23-11-9-22(10-12-23)14-17-3-2-4-18(21)13-17;3-1(4)2(5)6/h2-8,13H,9-12,14-15H2,1H3;(H,3,4)(H,5,6). The summed E-state index contributed by atoms with van der Waals surface area (Å²) < 4.78 is 18.8. The summed E-state index contributed by atoms with van der Waals surface area (Å²) in [6, 6.07) is 14.3. The molecule has 0 atom stereocenters. The first-order chi connectivity index (χ1) is 14.7. The Balaban J connectivity index is 0.000000501. The predicted molar refractivity (Wildman–Crippen MR) is 110 cm³/mol. The molecule has 1 aliphatic heterocycles. The number of carboxylic acids is 2. The summed E-state index contributed by atoms with van der Waals surface area (Å²) in [6.45, 7) is 5.70. The van der Waals surface area contributed by atoms with Crippen molar-refractivity contribution in [2.45, 2.75) is 13.5 Å². The van der Waals surface area contributed by atoms with Crippen molar-refractivity contribution in [1.29, 1.82) is 0 Å². The Morgan fingerprint density at radius 2 is 1.58 bits per heavy atom. The number of benzene rings is 2. The van der Waals surface area contributed by atoms with Crippen molar-refractivity contribution in [1.82, 2.24) is 9.80 Å². The third-order valence-corrected chi connectivity index (χ3v) is 4.59. The lowest BCUT2D eigenvalue weighted by molar-refractivity contribution is -0.159. The second-order valence-electron chi connectivity index (χ2n) is 7.00. The maximum atomic E-state index is 13.3. The van der Waals surface area contributed by atoms with E-state index in [4.69, 9.17) is 24.5 Å². The molecule has 1 saturated heterocycles. The van der Waals surface area contributed by atoms with Crippen LogP contribution in [0.5, 0.6) is 5.75 Å². The lowest BCUT2D eigenvalue weighted by Crippen LogP contribution is -2.49. The number of piperazine rings is 1. The van der Waals surface area contributed by atoms with Gasteiger partial charge in [0.15, 0.2) is 6.61 Å². The van der Waals surface area contributed by atoms with Crippen LogP contribution in [0.25, 0.3) is 0 Å². The quantitative estimate of drug-likeness (QED) is 0.696. The Hall–Kier alpha value is -3.46. The molecule has 31 heavy (non-hydrogen) atoms. The minimum atomic E-state index is -1.82. The number of nitrogens with zero attached hydrogens (tertiary/aromatic N) is 2. The largest absolute Gasteiger partial charge is 0.484 e. The summed E-state index contributed by atoms with van der Waals surface area (Å²) in [5, 5.41) is 14.8. The van der Waals surface area contributed by atoms with E-state index in [-0.39, 0.29) is 18.3 Å². The van der Waals surface area contributed by atoms with Gasteiger partial charge in [0.2, 0.25) is 0 Å². The number of carboxylic acid groups (broad SMARTS) is 2. The van der Waals surface area contributed by atoms with Crippen molar-refractivity contribution in [3.8, 4) is 5.75 Å². The Morgan fingerprint density at radius 1 is 0.968 bits per heavy atom. The fourth-order valence-corrected chi connectivity index (χ4v) is 2.92.